The fourth-order valence-corrected chi connectivity index (χ4v) is 3.97. The van der Waals surface area contributed by atoms with Crippen LogP contribution in [0, 0.1) is 23.0 Å². The molecule has 0 N–H and O–H groups in total. The number of carbonyl (C=O) groups is 1. The maximum Gasteiger partial charge on any atom is 0.167 e. The van der Waals surface area contributed by atoms with Gasteiger partial charge in [0.1, 0.15) is 5.40 Å². The number of aromatic nitrogens is 2. The number of Topliss-reactive ketones (excluding diaryl/α,β-unsaturated/α-hetero) is 1. The molecule has 5 heteroatoms. The third-order valence-corrected chi connectivity index (χ3v) is 5.32. The first-order valence-corrected chi connectivity index (χ1v) is 8.06. The number of hydrogen-bond donors (Lipinski definition) is 0. The number of aryl methyl sites for hydroxylation is 1. The zero-order valence-electron chi connectivity index (χ0n) is 12.8. The van der Waals surface area contributed by atoms with Gasteiger partial charge in [-0.3, -0.25) is 4.79 Å². The van der Waals surface area contributed by atoms with Crippen LogP contribution in [-0.2, 0) is 0 Å². The largest absolute Gasteiger partial charge is 0.294 e. The van der Waals surface area contributed by atoms with Crippen molar-refractivity contribution in [2.24, 2.45) is 5.41 Å². The zero-order valence-corrected chi connectivity index (χ0v) is 13.6. The molecule has 0 saturated heterocycles. The molecular weight excluding hydrogens is 294 g/mol. The van der Waals surface area contributed by atoms with E-state index in [2.05, 4.69) is 10.5 Å². The van der Waals surface area contributed by atoms with Gasteiger partial charge in [0, 0.05) is 6.42 Å². The fraction of sp³-hybridized carbons (Fsp3) is 0.353. The van der Waals surface area contributed by atoms with E-state index in [1.165, 1.54) is 11.8 Å². The van der Waals surface area contributed by atoms with Crippen LogP contribution in [-0.4, -0.2) is 15.6 Å². The Bertz CT molecular complexity index is 771. The highest BCUT2D eigenvalue weighted by Gasteiger charge is 2.44. The van der Waals surface area contributed by atoms with Gasteiger partial charge in [-0.05, 0) is 36.2 Å². The molecule has 22 heavy (non-hydrogen) atoms. The van der Waals surface area contributed by atoms with Gasteiger partial charge in [0.2, 0.25) is 0 Å². The van der Waals surface area contributed by atoms with E-state index in [0.717, 1.165) is 17.1 Å². The molecule has 1 heterocycles. The van der Waals surface area contributed by atoms with E-state index in [1.807, 2.05) is 55.8 Å². The predicted octanol–water partition coefficient (Wildman–Crippen LogP) is 4.05. The molecule has 1 aromatic carbocycles. The molecule has 0 saturated carbocycles. The molecule has 1 aromatic heterocycles. The summed E-state index contributed by atoms with van der Waals surface area (Å²) < 4.78 is 1.83. The van der Waals surface area contributed by atoms with Crippen molar-refractivity contribution >= 4 is 17.5 Å². The number of thiocyanates is 1. The number of thioether (sulfide) groups is 1. The standard InChI is InChI=1S/C17H17N3OS/c1-11-14-13(21)9-17(2,3)16(22-10-18)15(14)20(19-11)12-7-5-4-6-8-12/h4-8,16H,9H2,1-3H3/t16-/m1/s1. The van der Waals surface area contributed by atoms with E-state index in [1.54, 1.807) is 0 Å². The predicted molar refractivity (Wildman–Crippen MR) is 87.0 cm³/mol. The number of nitriles is 1. The van der Waals surface area contributed by atoms with Gasteiger partial charge in [-0.2, -0.15) is 10.4 Å². The summed E-state index contributed by atoms with van der Waals surface area (Å²) in [5, 5.41) is 15.9. The van der Waals surface area contributed by atoms with Crippen LogP contribution < -0.4 is 0 Å². The molecule has 0 radical (unpaired) electrons. The Morgan fingerprint density at radius 3 is 2.68 bits per heavy atom. The second-order valence-electron chi connectivity index (χ2n) is 6.27. The molecule has 1 aliphatic rings. The summed E-state index contributed by atoms with van der Waals surface area (Å²) in [4.78, 5) is 12.6. The average Bonchev–Trinajstić information content (AvgIpc) is 2.81. The highest BCUT2D eigenvalue weighted by Crippen LogP contribution is 2.51. The molecule has 1 atom stereocenters. The third kappa shape index (κ3) is 2.24. The van der Waals surface area contributed by atoms with Gasteiger partial charge in [-0.1, -0.05) is 32.0 Å². The molecule has 1 aliphatic carbocycles. The molecule has 4 nitrogen and oxygen atoms in total. The number of benzene rings is 1. The van der Waals surface area contributed by atoms with Crippen molar-refractivity contribution in [3.05, 3.63) is 47.3 Å². The topological polar surface area (TPSA) is 58.7 Å². The van der Waals surface area contributed by atoms with Crippen LogP contribution in [0.3, 0.4) is 0 Å². The number of carbonyl (C=O) groups excluding carboxylic acids is 1. The Hall–Kier alpha value is -2.06. The molecule has 2 aromatic rings. The first-order chi connectivity index (χ1) is 10.5. The lowest BCUT2D eigenvalue weighted by Crippen LogP contribution is -2.31. The van der Waals surface area contributed by atoms with Crippen LogP contribution in [0.15, 0.2) is 30.3 Å². The molecule has 112 valence electrons. The minimum Gasteiger partial charge on any atom is -0.294 e. The van der Waals surface area contributed by atoms with Crippen molar-refractivity contribution in [1.29, 1.82) is 5.26 Å². The van der Waals surface area contributed by atoms with Crippen LogP contribution in [0.4, 0.5) is 0 Å². The fourth-order valence-electron chi connectivity index (χ4n) is 3.13. The van der Waals surface area contributed by atoms with Gasteiger partial charge < -0.3 is 0 Å². The maximum atomic E-state index is 12.6. The molecule has 0 aliphatic heterocycles. The van der Waals surface area contributed by atoms with E-state index in [9.17, 15) is 10.1 Å². The summed E-state index contributed by atoms with van der Waals surface area (Å²) >= 11 is 1.22. The molecule has 0 spiro atoms. The Morgan fingerprint density at radius 2 is 2.05 bits per heavy atom. The molecule has 0 fully saturated rings. The lowest BCUT2D eigenvalue weighted by Gasteiger charge is -2.36. The molecule has 0 bridgehead atoms. The molecular formula is C17H17N3OS. The van der Waals surface area contributed by atoms with Crippen molar-refractivity contribution in [1.82, 2.24) is 9.78 Å². The minimum atomic E-state index is -0.274. The Morgan fingerprint density at radius 1 is 1.36 bits per heavy atom. The first-order valence-electron chi connectivity index (χ1n) is 7.18. The van der Waals surface area contributed by atoms with Crippen molar-refractivity contribution in [3.8, 4) is 11.1 Å². The summed E-state index contributed by atoms with van der Waals surface area (Å²) in [5.74, 6) is 0.120. The summed E-state index contributed by atoms with van der Waals surface area (Å²) in [6, 6.07) is 9.77. The van der Waals surface area contributed by atoms with Crippen LogP contribution in [0.5, 0.6) is 0 Å². The highest BCUT2D eigenvalue weighted by molar-refractivity contribution is 8.04. The lowest BCUT2D eigenvalue weighted by atomic mass is 9.75. The Balaban J connectivity index is 2.27. The van der Waals surface area contributed by atoms with E-state index in [4.69, 9.17) is 0 Å². The summed E-state index contributed by atoms with van der Waals surface area (Å²) in [6.45, 7) is 5.95. The van der Waals surface area contributed by atoms with Crippen LogP contribution in [0.25, 0.3) is 5.69 Å². The van der Waals surface area contributed by atoms with E-state index >= 15 is 0 Å². The maximum absolute atomic E-state index is 12.6. The van der Waals surface area contributed by atoms with Gasteiger partial charge in [-0.15, -0.1) is 0 Å². The second kappa shape index (κ2) is 5.29. The number of fused-ring (bicyclic) bond motifs is 1. The lowest BCUT2D eigenvalue weighted by molar-refractivity contribution is 0.0908. The van der Waals surface area contributed by atoms with Crippen LogP contribution in [0.1, 0.15) is 47.3 Å². The second-order valence-corrected chi connectivity index (χ2v) is 7.16. The minimum absolute atomic E-state index is 0.0772. The SMILES string of the molecule is Cc1nn(-c2ccccc2)c2c1C(=O)CC(C)(C)[C@@H]2SC#N. The number of nitrogens with zero attached hydrogens (tertiary/aromatic N) is 3. The average molecular weight is 311 g/mol. The van der Waals surface area contributed by atoms with Crippen LogP contribution >= 0.6 is 11.8 Å². The monoisotopic (exact) mass is 311 g/mol. The van der Waals surface area contributed by atoms with Gasteiger partial charge >= 0.3 is 0 Å². The summed E-state index contributed by atoms with van der Waals surface area (Å²) in [6.07, 6.45) is 0.445. The van der Waals surface area contributed by atoms with E-state index in [-0.39, 0.29) is 16.4 Å². The normalized spacial score (nSPS) is 19.5. The number of ketones is 1. The zero-order chi connectivity index (χ0) is 15.9. The van der Waals surface area contributed by atoms with Gasteiger partial charge in [-0.25, -0.2) is 4.68 Å². The van der Waals surface area contributed by atoms with Crippen molar-refractivity contribution < 1.29 is 4.79 Å². The summed E-state index contributed by atoms with van der Waals surface area (Å²) in [7, 11) is 0. The Kier molecular flexibility index (Phi) is 3.57. The van der Waals surface area contributed by atoms with Gasteiger partial charge in [0.15, 0.2) is 5.78 Å². The molecule has 3 rings (SSSR count). The molecule has 0 unspecified atom stereocenters. The molecule has 0 amide bonds. The van der Waals surface area contributed by atoms with Gasteiger partial charge in [0.25, 0.3) is 0 Å². The number of para-hydroxylation sites is 1. The van der Waals surface area contributed by atoms with Crippen molar-refractivity contribution in [3.63, 3.8) is 0 Å². The quantitative estimate of drug-likeness (QED) is 0.785. The first kappa shape index (κ1) is 14.9. The van der Waals surface area contributed by atoms with E-state index in [0.29, 0.717) is 12.0 Å². The number of rotatable bonds is 2. The van der Waals surface area contributed by atoms with Crippen molar-refractivity contribution in [2.45, 2.75) is 32.4 Å². The van der Waals surface area contributed by atoms with Gasteiger partial charge in [0.05, 0.1) is 27.9 Å². The summed E-state index contributed by atoms with van der Waals surface area (Å²) in [5.41, 5.74) is 2.93. The Labute approximate surface area is 134 Å². The van der Waals surface area contributed by atoms with Crippen LogP contribution in [0.2, 0.25) is 0 Å². The third-order valence-electron chi connectivity index (χ3n) is 4.12. The van der Waals surface area contributed by atoms with E-state index < -0.39 is 0 Å². The smallest absolute Gasteiger partial charge is 0.167 e. The van der Waals surface area contributed by atoms with Crippen molar-refractivity contribution in [2.75, 3.05) is 0 Å². The number of hydrogen-bond acceptors (Lipinski definition) is 4. The highest BCUT2D eigenvalue weighted by atomic mass is 32.2.